The first-order chi connectivity index (χ1) is 11.3. The van der Waals surface area contributed by atoms with Crippen molar-refractivity contribution in [1.82, 2.24) is 4.31 Å². The zero-order chi connectivity index (χ0) is 17.5. The molecule has 1 saturated heterocycles. The lowest BCUT2D eigenvalue weighted by Crippen LogP contribution is -2.39. The Morgan fingerprint density at radius 2 is 1.88 bits per heavy atom. The molecule has 0 atom stereocenters. The van der Waals surface area contributed by atoms with Gasteiger partial charge in [0.1, 0.15) is 5.58 Å². The Bertz CT molecular complexity index is 953. The van der Waals surface area contributed by atoms with Gasteiger partial charge in [0.05, 0.1) is 0 Å². The fourth-order valence-corrected chi connectivity index (χ4v) is 4.37. The van der Waals surface area contributed by atoms with E-state index in [1.807, 2.05) is 0 Å². The number of benzene rings is 1. The maximum absolute atomic E-state index is 12.8. The summed E-state index contributed by atoms with van der Waals surface area (Å²) in [6.07, 6.45) is 1.54. The van der Waals surface area contributed by atoms with Crippen molar-refractivity contribution in [2.24, 2.45) is 5.92 Å². The molecule has 7 heteroatoms. The standard InChI is InChI=1S/C17H19NO5S/c1-11-5-7-18(8-6-11)24(21,22)16-10-14-9-13(12(2)19)3-4-15(14)23-17(16)20/h3-4,9-11H,5-8H2,1-2H3. The number of piperidine rings is 1. The summed E-state index contributed by atoms with van der Waals surface area (Å²) in [5.74, 6) is 0.333. The molecule has 2 heterocycles. The molecule has 2 aromatic rings. The SMILES string of the molecule is CC(=O)c1ccc2oc(=O)c(S(=O)(=O)N3CCC(C)CC3)cc2c1. The molecule has 1 aliphatic rings. The molecule has 128 valence electrons. The van der Waals surface area contributed by atoms with Crippen LogP contribution < -0.4 is 5.63 Å². The third-order valence-corrected chi connectivity index (χ3v) is 6.35. The first-order valence-corrected chi connectivity index (χ1v) is 9.32. The molecule has 6 nitrogen and oxygen atoms in total. The van der Waals surface area contributed by atoms with Gasteiger partial charge in [-0.15, -0.1) is 0 Å². The van der Waals surface area contributed by atoms with E-state index in [1.165, 1.54) is 29.4 Å². The highest BCUT2D eigenvalue weighted by Crippen LogP contribution is 2.24. The number of nitrogens with zero attached hydrogens (tertiary/aromatic N) is 1. The van der Waals surface area contributed by atoms with Crippen LogP contribution in [0.5, 0.6) is 0 Å². The second-order valence-corrected chi connectivity index (χ2v) is 8.20. The van der Waals surface area contributed by atoms with E-state index in [-0.39, 0.29) is 16.3 Å². The molecule has 0 spiro atoms. The van der Waals surface area contributed by atoms with Gasteiger partial charge in [0.25, 0.3) is 0 Å². The largest absolute Gasteiger partial charge is 0.422 e. The number of Topliss-reactive ketones (excluding diaryl/α,β-unsaturated/α-hetero) is 1. The van der Waals surface area contributed by atoms with Crippen molar-refractivity contribution < 1.29 is 17.6 Å². The highest BCUT2D eigenvalue weighted by Gasteiger charge is 2.31. The summed E-state index contributed by atoms with van der Waals surface area (Å²) >= 11 is 0. The van der Waals surface area contributed by atoms with Gasteiger partial charge in [0.2, 0.25) is 10.0 Å². The molecular formula is C17H19NO5S. The lowest BCUT2D eigenvalue weighted by molar-refractivity contribution is 0.101. The second kappa shape index (κ2) is 6.14. The van der Waals surface area contributed by atoms with E-state index in [2.05, 4.69) is 6.92 Å². The van der Waals surface area contributed by atoms with Crippen LogP contribution in [0.15, 0.2) is 38.4 Å². The normalized spacial score (nSPS) is 17.2. The van der Waals surface area contributed by atoms with Crippen molar-refractivity contribution in [2.45, 2.75) is 31.6 Å². The van der Waals surface area contributed by atoms with Gasteiger partial charge in [0, 0.05) is 24.0 Å². The Kier molecular flexibility index (Phi) is 4.31. The summed E-state index contributed by atoms with van der Waals surface area (Å²) in [6, 6.07) is 5.90. The molecule has 0 saturated carbocycles. The number of carbonyl (C=O) groups excluding carboxylic acids is 1. The number of rotatable bonds is 3. The number of carbonyl (C=O) groups is 1. The molecule has 0 radical (unpaired) electrons. The van der Waals surface area contributed by atoms with Gasteiger partial charge < -0.3 is 4.42 Å². The van der Waals surface area contributed by atoms with Crippen molar-refractivity contribution in [2.75, 3.05) is 13.1 Å². The van der Waals surface area contributed by atoms with Gasteiger partial charge in [0.15, 0.2) is 10.7 Å². The summed E-state index contributed by atoms with van der Waals surface area (Å²) in [5, 5.41) is 0.422. The minimum Gasteiger partial charge on any atom is -0.422 e. The summed E-state index contributed by atoms with van der Waals surface area (Å²) in [4.78, 5) is 23.3. The van der Waals surface area contributed by atoms with Gasteiger partial charge in [-0.3, -0.25) is 4.79 Å². The molecule has 0 aliphatic carbocycles. The van der Waals surface area contributed by atoms with Crippen LogP contribution in [0, 0.1) is 5.92 Å². The van der Waals surface area contributed by atoms with Crippen LogP contribution in [-0.2, 0) is 10.0 Å². The van der Waals surface area contributed by atoms with Crippen molar-refractivity contribution in [3.8, 4) is 0 Å². The number of hydrogen-bond acceptors (Lipinski definition) is 5. The van der Waals surface area contributed by atoms with Crippen LogP contribution in [0.25, 0.3) is 11.0 Å². The summed E-state index contributed by atoms with van der Waals surface area (Å²) in [7, 11) is -3.90. The molecule has 24 heavy (non-hydrogen) atoms. The Labute approximate surface area is 140 Å². The lowest BCUT2D eigenvalue weighted by atomic mass is 10.0. The van der Waals surface area contributed by atoms with E-state index in [0.29, 0.717) is 30.0 Å². The Hall–Kier alpha value is -1.99. The maximum atomic E-state index is 12.8. The maximum Gasteiger partial charge on any atom is 0.356 e. The first-order valence-electron chi connectivity index (χ1n) is 7.88. The fourth-order valence-electron chi connectivity index (χ4n) is 2.87. The molecule has 1 aromatic carbocycles. The van der Waals surface area contributed by atoms with E-state index in [1.54, 1.807) is 6.07 Å². The molecule has 0 bridgehead atoms. The van der Waals surface area contributed by atoms with E-state index in [0.717, 1.165) is 12.8 Å². The number of hydrogen-bond donors (Lipinski definition) is 0. The third kappa shape index (κ3) is 3.01. The van der Waals surface area contributed by atoms with Crippen LogP contribution in [0.1, 0.15) is 37.0 Å². The van der Waals surface area contributed by atoms with E-state index >= 15 is 0 Å². The van der Waals surface area contributed by atoms with Gasteiger partial charge in [-0.05, 0) is 49.9 Å². The molecular weight excluding hydrogens is 330 g/mol. The minimum absolute atomic E-state index is 0.141. The predicted octanol–water partition coefficient (Wildman–Crippen LogP) is 2.42. The van der Waals surface area contributed by atoms with Crippen molar-refractivity contribution >= 4 is 26.8 Å². The zero-order valence-electron chi connectivity index (χ0n) is 13.6. The summed E-state index contributed by atoms with van der Waals surface area (Å²) in [5.41, 5.74) is -0.181. The number of fused-ring (bicyclic) bond motifs is 1. The zero-order valence-corrected chi connectivity index (χ0v) is 14.4. The minimum atomic E-state index is -3.90. The number of sulfonamides is 1. The summed E-state index contributed by atoms with van der Waals surface area (Å²) in [6.45, 7) is 4.30. The van der Waals surface area contributed by atoms with Crippen molar-refractivity contribution in [3.63, 3.8) is 0 Å². The fraction of sp³-hybridized carbons (Fsp3) is 0.412. The molecule has 1 aliphatic heterocycles. The van der Waals surface area contributed by atoms with Crippen LogP contribution in [0.4, 0.5) is 0 Å². The topological polar surface area (TPSA) is 84.7 Å². The van der Waals surface area contributed by atoms with Gasteiger partial charge in [-0.1, -0.05) is 6.92 Å². The van der Waals surface area contributed by atoms with Crippen LogP contribution in [-0.4, -0.2) is 31.6 Å². The summed E-state index contributed by atoms with van der Waals surface area (Å²) < 4.78 is 32.0. The molecule has 0 amide bonds. The van der Waals surface area contributed by atoms with Crippen LogP contribution in [0.3, 0.4) is 0 Å². The third-order valence-electron chi connectivity index (χ3n) is 4.47. The highest BCUT2D eigenvalue weighted by atomic mass is 32.2. The highest BCUT2D eigenvalue weighted by molar-refractivity contribution is 7.89. The van der Waals surface area contributed by atoms with Crippen LogP contribution >= 0.6 is 0 Å². The molecule has 3 rings (SSSR count). The average molecular weight is 349 g/mol. The van der Waals surface area contributed by atoms with Gasteiger partial charge >= 0.3 is 5.63 Å². The molecule has 0 unspecified atom stereocenters. The van der Waals surface area contributed by atoms with E-state index in [4.69, 9.17) is 4.42 Å². The lowest BCUT2D eigenvalue weighted by Gasteiger charge is -2.29. The Balaban J connectivity index is 2.09. The van der Waals surface area contributed by atoms with Gasteiger partial charge in [-0.2, -0.15) is 4.31 Å². The van der Waals surface area contributed by atoms with E-state index in [9.17, 15) is 18.0 Å². The monoisotopic (exact) mass is 349 g/mol. The van der Waals surface area contributed by atoms with Gasteiger partial charge in [-0.25, -0.2) is 13.2 Å². The van der Waals surface area contributed by atoms with E-state index < -0.39 is 15.6 Å². The predicted molar refractivity (Wildman–Crippen MR) is 89.6 cm³/mol. The average Bonchev–Trinajstić information content (AvgIpc) is 2.54. The molecule has 1 aromatic heterocycles. The second-order valence-electron chi connectivity index (χ2n) is 6.29. The van der Waals surface area contributed by atoms with Crippen molar-refractivity contribution in [1.29, 1.82) is 0 Å². The first kappa shape index (κ1) is 16.9. The number of ketones is 1. The van der Waals surface area contributed by atoms with Crippen molar-refractivity contribution in [3.05, 3.63) is 40.2 Å². The molecule has 0 N–H and O–H groups in total. The Morgan fingerprint density at radius 3 is 2.50 bits per heavy atom. The smallest absolute Gasteiger partial charge is 0.356 e. The molecule has 1 fully saturated rings. The van der Waals surface area contributed by atoms with Crippen LogP contribution in [0.2, 0.25) is 0 Å². The quantitative estimate of drug-likeness (QED) is 0.627. The Morgan fingerprint density at radius 1 is 1.21 bits per heavy atom.